The van der Waals surface area contributed by atoms with Crippen LogP contribution >= 0.6 is 0 Å². The van der Waals surface area contributed by atoms with Crippen LogP contribution in [0.3, 0.4) is 0 Å². The summed E-state index contributed by atoms with van der Waals surface area (Å²) in [4.78, 5) is 24.3. The van der Waals surface area contributed by atoms with Crippen molar-refractivity contribution in [3.05, 3.63) is 359 Å². The summed E-state index contributed by atoms with van der Waals surface area (Å²) in [6, 6.07) is 112. The van der Waals surface area contributed by atoms with E-state index in [0.717, 1.165) is 17.1 Å². The highest BCUT2D eigenvalue weighted by Gasteiger charge is 2.46. The van der Waals surface area contributed by atoms with E-state index in [4.69, 9.17) is 4.11 Å². The molecule has 5 unspecified atom stereocenters. The van der Waals surface area contributed by atoms with Gasteiger partial charge in [0, 0.05) is 62.6 Å². The lowest BCUT2D eigenvalue weighted by Gasteiger charge is -2.39. The molecule has 0 saturated heterocycles. The molecule has 5 atom stereocenters. The topological polar surface area (TPSA) is 32.4 Å². The number of fused-ring (bicyclic) bond motifs is 5. The second-order valence-corrected chi connectivity index (χ2v) is 39.9. The molecular formula is C121H148N10. The Morgan fingerprint density at radius 3 is 0.664 bits per heavy atom. The van der Waals surface area contributed by atoms with E-state index in [1.807, 2.05) is 36.4 Å². The van der Waals surface area contributed by atoms with Gasteiger partial charge in [-0.3, -0.25) is 0 Å². The first kappa shape index (κ1) is 90.8. The largest absolute Gasteiger partial charge is 0.352 e. The zero-order chi connectivity index (χ0) is 96.2. The van der Waals surface area contributed by atoms with E-state index in [0.29, 0.717) is 65.5 Å². The average molecular weight is 1750 g/mol. The van der Waals surface area contributed by atoms with Crippen molar-refractivity contribution in [2.45, 2.75) is 246 Å². The van der Waals surface area contributed by atoms with E-state index in [9.17, 15) is 0 Å². The van der Waals surface area contributed by atoms with Crippen LogP contribution in [0.4, 0.5) is 102 Å². The van der Waals surface area contributed by atoms with Crippen LogP contribution in [-0.4, -0.2) is 43.8 Å². The Hall–Kier alpha value is -12.1. The number of hydrogen-bond acceptors (Lipinski definition) is 10. The predicted octanol–water partition coefficient (Wildman–Crippen LogP) is 34.0. The van der Waals surface area contributed by atoms with Gasteiger partial charge in [0.15, 0.2) is 0 Å². The standard InChI is InChI=1S/2C27H32N2.C25H28N2.C22H30N2.C20H26N2/c2*1-18(2)22-14-7-8-15-23(22)28-24-16-9-10-17-25(24)29(27(28)19(3)4)26-20(5)12-11-13-21(26)6;1-18(2)21-14-8-9-15-22(21)27-24-17-11-10-16-23(24)26(25(27)19(3)4)20-12-6-5-7-13-20;1-15(2)18-11-7-8-12-19(18)24-21-14-10-9-13-20(21)23(17(5)6)22(24)16(3)4;1-14(2)16-10-6-7-11-17(16)22-19-13-9-8-12-18(19)21(5)20(22)15(3)4/h2*7-19,27H,1-6H3;5-19,25H,1-4H3;7-17,22H,1-6H3;6-15,20H,1-5H3/i;;;;5D3. The molecule has 13 aromatic carbocycles. The highest BCUT2D eigenvalue weighted by molar-refractivity contribution is 5.94. The molecule has 0 amide bonds. The summed E-state index contributed by atoms with van der Waals surface area (Å²) in [6.07, 6.45) is 0.802. The molecule has 0 bridgehead atoms. The van der Waals surface area contributed by atoms with Crippen molar-refractivity contribution in [3.63, 3.8) is 0 Å². The van der Waals surface area contributed by atoms with Crippen LogP contribution in [0, 0.1) is 57.3 Å². The summed E-state index contributed by atoms with van der Waals surface area (Å²) < 4.78 is 24.3. The molecule has 5 aliphatic rings. The van der Waals surface area contributed by atoms with E-state index in [-0.39, 0.29) is 30.6 Å². The monoisotopic (exact) mass is 1740 g/mol. The van der Waals surface area contributed by atoms with Crippen LogP contribution < -0.4 is 49.0 Å². The molecule has 0 spiro atoms. The molecule has 13 aromatic rings. The van der Waals surface area contributed by atoms with Crippen molar-refractivity contribution in [2.75, 3.05) is 56.0 Å². The summed E-state index contributed by atoms with van der Waals surface area (Å²) in [5.41, 5.74) is 34.6. The normalized spacial score (nSPS) is 17.0. The van der Waals surface area contributed by atoms with Gasteiger partial charge in [-0.05, 0) is 254 Å². The van der Waals surface area contributed by atoms with Gasteiger partial charge in [-0.2, -0.15) is 0 Å². The molecular weight excluding hydrogens is 1590 g/mol. The van der Waals surface area contributed by atoms with Crippen molar-refractivity contribution >= 4 is 102 Å². The quantitative estimate of drug-likeness (QED) is 0.0781. The molecule has 0 aliphatic carbocycles. The van der Waals surface area contributed by atoms with Crippen molar-refractivity contribution in [1.29, 1.82) is 0 Å². The Morgan fingerprint density at radius 1 is 0.191 bits per heavy atom. The van der Waals surface area contributed by atoms with Crippen LogP contribution in [0.15, 0.2) is 309 Å². The summed E-state index contributed by atoms with van der Waals surface area (Å²) in [6.45, 7) is 56.7. The second-order valence-electron chi connectivity index (χ2n) is 39.9. The SMILES string of the molecule is CC(C)c1ccccc1N1c2ccccc2N(C(C)C)C1C(C)C.CC(C)c1ccccc1N1c2ccccc2N(c2ccccc2)C1C(C)C.Cc1cccc(C)c1N1c2ccccc2N(c2ccccc2C(C)C)C1C(C)C.Cc1cccc(C)c1N1c2ccccc2N(c2ccccc2C(C)C)C1C(C)C.[2H]C([2H])([2H])N1c2ccccc2N(c2ccccc2C(C)C)C1C(C)C. The van der Waals surface area contributed by atoms with Gasteiger partial charge in [-0.1, -0.05) is 345 Å². The van der Waals surface area contributed by atoms with E-state index in [2.05, 4.69) is 497 Å². The van der Waals surface area contributed by atoms with Gasteiger partial charge in [0.1, 0.15) is 30.8 Å². The maximum absolute atomic E-state index is 8.11. The lowest BCUT2D eigenvalue weighted by molar-refractivity contribution is 0.451. The molecule has 0 saturated carbocycles. The van der Waals surface area contributed by atoms with E-state index < -0.39 is 6.98 Å². The number of aryl methyl sites for hydroxylation is 4. The smallest absolute Gasteiger partial charge is 0.113 e. The minimum Gasteiger partial charge on any atom is -0.352 e. The first-order valence-electron chi connectivity index (χ1n) is 50.1. The van der Waals surface area contributed by atoms with Crippen LogP contribution in [0.5, 0.6) is 0 Å². The number of para-hydroxylation sites is 18. The fourth-order valence-corrected chi connectivity index (χ4v) is 21.1. The molecule has 682 valence electrons. The van der Waals surface area contributed by atoms with Gasteiger partial charge in [0.2, 0.25) is 0 Å². The van der Waals surface area contributed by atoms with Crippen molar-refractivity contribution in [1.82, 2.24) is 0 Å². The van der Waals surface area contributed by atoms with Gasteiger partial charge in [0.25, 0.3) is 0 Å². The van der Waals surface area contributed by atoms with Crippen molar-refractivity contribution in [3.8, 4) is 0 Å². The molecule has 5 heterocycles. The molecule has 18 rings (SSSR count). The van der Waals surface area contributed by atoms with E-state index in [1.165, 1.54) is 135 Å². The van der Waals surface area contributed by atoms with Gasteiger partial charge in [-0.25, -0.2) is 0 Å². The van der Waals surface area contributed by atoms with Crippen LogP contribution in [0.1, 0.15) is 236 Å². The van der Waals surface area contributed by atoms with E-state index in [1.54, 1.807) is 4.90 Å². The zero-order valence-electron chi connectivity index (χ0n) is 86.2. The summed E-state index contributed by atoms with van der Waals surface area (Å²) in [5, 5.41) is 0. The lowest BCUT2D eigenvalue weighted by atomic mass is 9.98. The molecule has 0 aromatic heterocycles. The predicted molar refractivity (Wildman–Crippen MR) is 569 cm³/mol. The summed E-state index contributed by atoms with van der Waals surface area (Å²) >= 11 is 0. The maximum atomic E-state index is 8.11. The average Bonchev–Trinajstić information content (AvgIpc) is 1.57. The molecule has 5 aliphatic heterocycles. The van der Waals surface area contributed by atoms with Gasteiger partial charge >= 0.3 is 0 Å². The van der Waals surface area contributed by atoms with Crippen LogP contribution in [0.25, 0.3) is 0 Å². The minimum atomic E-state index is -2.19. The number of hydrogen-bond donors (Lipinski definition) is 0. The molecule has 10 heteroatoms. The highest BCUT2D eigenvalue weighted by atomic mass is 15.5. The van der Waals surface area contributed by atoms with Crippen LogP contribution in [0.2, 0.25) is 0 Å². The fraction of sp³-hybridized carbons (Fsp3) is 0.355. The number of anilines is 18. The first-order chi connectivity index (χ1) is 64.1. The Labute approximate surface area is 793 Å². The minimum absolute atomic E-state index is 0.146. The van der Waals surface area contributed by atoms with Gasteiger partial charge in [-0.15, -0.1) is 0 Å². The number of benzene rings is 13. The second kappa shape index (κ2) is 41.1. The van der Waals surface area contributed by atoms with E-state index >= 15 is 0 Å². The molecule has 0 radical (unpaired) electrons. The highest BCUT2D eigenvalue weighted by Crippen LogP contribution is 2.57. The first-order valence-corrected chi connectivity index (χ1v) is 48.6. The Balaban J connectivity index is 0.000000135. The molecule has 10 nitrogen and oxygen atoms in total. The Kier molecular flexibility index (Phi) is 28.5. The van der Waals surface area contributed by atoms with Gasteiger partial charge in [0.05, 0.1) is 56.9 Å². The maximum Gasteiger partial charge on any atom is 0.113 e. The lowest BCUT2D eigenvalue weighted by Crippen LogP contribution is -2.48. The van der Waals surface area contributed by atoms with Crippen molar-refractivity contribution < 1.29 is 4.11 Å². The third-order valence-electron chi connectivity index (χ3n) is 26.7. The third-order valence-corrected chi connectivity index (χ3v) is 26.7. The third kappa shape index (κ3) is 18.8. The Bertz CT molecular complexity index is 5920. The number of rotatable bonds is 19. The summed E-state index contributed by atoms with van der Waals surface area (Å²) in [5.74, 6) is 4.31. The molecule has 0 N–H and O–H groups in total. The van der Waals surface area contributed by atoms with Gasteiger partial charge < -0.3 is 49.0 Å². The molecule has 131 heavy (non-hydrogen) atoms. The fourth-order valence-electron chi connectivity index (χ4n) is 21.1. The Morgan fingerprint density at radius 2 is 0.397 bits per heavy atom. The molecule has 0 fully saturated rings. The van der Waals surface area contributed by atoms with Crippen molar-refractivity contribution in [2.24, 2.45) is 29.6 Å². The van der Waals surface area contributed by atoms with Crippen LogP contribution in [-0.2, 0) is 0 Å². The summed E-state index contributed by atoms with van der Waals surface area (Å²) in [7, 11) is 0. The zero-order valence-corrected chi connectivity index (χ0v) is 83.2. The number of nitrogens with zero attached hydrogens (tertiary/aromatic N) is 10.